The van der Waals surface area contributed by atoms with Crippen molar-refractivity contribution in [2.75, 3.05) is 0 Å². The summed E-state index contributed by atoms with van der Waals surface area (Å²) in [5.41, 5.74) is 2.53. The van der Waals surface area contributed by atoms with Gasteiger partial charge in [-0.3, -0.25) is 0 Å². The molecule has 39 heavy (non-hydrogen) atoms. The third kappa shape index (κ3) is 3.59. The van der Waals surface area contributed by atoms with Crippen LogP contribution in [-0.2, 0) is 0 Å². The zero-order valence-corrected chi connectivity index (χ0v) is 21.4. The molecule has 0 N–H and O–H groups in total. The largest absolute Gasteiger partial charge is 0.135 e. The Balaban J connectivity index is 1.49. The number of benzene rings is 7. The van der Waals surface area contributed by atoms with Gasteiger partial charge in [-0.2, -0.15) is 0 Å². The summed E-state index contributed by atoms with van der Waals surface area (Å²) >= 11 is 1.68. The minimum atomic E-state index is -0.534. The van der Waals surface area contributed by atoms with Crippen molar-refractivity contribution in [3.8, 4) is 32.7 Å². The van der Waals surface area contributed by atoms with E-state index in [9.17, 15) is 0 Å². The van der Waals surface area contributed by atoms with Crippen LogP contribution in [0.2, 0.25) is 0 Å². The van der Waals surface area contributed by atoms with Gasteiger partial charge in [-0.25, -0.2) is 0 Å². The van der Waals surface area contributed by atoms with Gasteiger partial charge in [0.05, 0.1) is 12.3 Å². The van der Waals surface area contributed by atoms with Crippen LogP contribution in [0.4, 0.5) is 0 Å². The minimum Gasteiger partial charge on any atom is -0.135 e. The fourth-order valence-electron chi connectivity index (χ4n) is 5.58. The first-order valence-corrected chi connectivity index (χ1v) is 13.4. The lowest BCUT2D eigenvalue weighted by Crippen LogP contribution is -1.90. The normalized spacial score (nSPS) is 14.8. The Labute approximate surface area is 244 Å². The van der Waals surface area contributed by atoms with Crippen molar-refractivity contribution in [2.45, 2.75) is 0 Å². The van der Waals surface area contributed by atoms with Gasteiger partial charge in [0.2, 0.25) is 0 Å². The molecule has 1 heterocycles. The monoisotopic (exact) mass is 521 g/mol. The van der Waals surface area contributed by atoms with Crippen molar-refractivity contribution in [1.82, 2.24) is 0 Å². The van der Waals surface area contributed by atoms with Crippen LogP contribution in [0, 0.1) is 0 Å². The van der Waals surface area contributed by atoms with Gasteiger partial charge in [-0.1, -0.05) is 127 Å². The van der Waals surface area contributed by atoms with Crippen LogP contribution in [0.15, 0.2) is 145 Å². The topological polar surface area (TPSA) is 0 Å². The van der Waals surface area contributed by atoms with Crippen LogP contribution in [0.25, 0.3) is 75.1 Å². The number of fused-ring (bicyclic) bond motifs is 4. The van der Waals surface area contributed by atoms with E-state index in [2.05, 4.69) is 36.4 Å². The maximum absolute atomic E-state index is 9.15. The SMILES string of the molecule is [2H]c1c([2H])c([2H])c(-c2c3ccccc3c(-c3ccc4sc(-c5cccc6ccccc56)cc4c3)c3c([2H])c([2H])c([2H])c([2H])c23)c([2H])c1[2H]. The molecule has 0 spiro atoms. The second kappa shape index (κ2) is 8.94. The zero-order valence-electron chi connectivity index (χ0n) is 29.6. The standard InChI is InChI=1S/C38H24S/c1-2-12-26(13-3-1)37-31-16-6-8-18-33(31)38(34-19-9-7-17-32(34)37)27-21-22-35-28(23-27)24-36(39-35)30-20-10-14-25-11-4-5-15-29(25)30/h1-24H/i1D,2D,3D,6D,8D,12D,13D,16D,18D. The van der Waals surface area contributed by atoms with E-state index in [0.29, 0.717) is 16.3 Å². The van der Waals surface area contributed by atoms with Crippen molar-refractivity contribution in [3.63, 3.8) is 0 Å². The summed E-state index contributed by atoms with van der Waals surface area (Å²) in [6, 6.07) is 26.0. The van der Waals surface area contributed by atoms with E-state index < -0.39 is 42.3 Å². The van der Waals surface area contributed by atoms with Crippen LogP contribution in [-0.4, -0.2) is 0 Å². The molecule has 182 valence electrons. The average molecular weight is 522 g/mol. The average Bonchev–Trinajstić information content (AvgIpc) is 3.54. The number of rotatable bonds is 3. The molecule has 0 aliphatic heterocycles. The zero-order chi connectivity index (χ0) is 33.6. The van der Waals surface area contributed by atoms with E-state index in [1.807, 2.05) is 42.5 Å². The molecule has 1 heteroatoms. The Morgan fingerprint density at radius 1 is 0.462 bits per heavy atom. The number of thiophene rings is 1. The van der Waals surface area contributed by atoms with E-state index in [1.165, 1.54) is 0 Å². The van der Waals surface area contributed by atoms with Crippen LogP contribution in [0.3, 0.4) is 0 Å². The molecular weight excluding hydrogens is 488 g/mol. The second-order valence-corrected chi connectivity index (χ2v) is 10.5. The Bertz CT molecular complexity index is 2640. The van der Waals surface area contributed by atoms with Crippen molar-refractivity contribution in [3.05, 3.63) is 145 Å². The van der Waals surface area contributed by atoms with E-state index in [4.69, 9.17) is 12.3 Å². The summed E-state index contributed by atoms with van der Waals surface area (Å²) in [7, 11) is 0. The first-order chi connectivity index (χ1) is 23.1. The predicted molar refractivity (Wildman–Crippen MR) is 171 cm³/mol. The molecule has 8 rings (SSSR count). The molecule has 0 fully saturated rings. The highest BCUT2D eigenvalue weighted by molar-refractivity contribution is 7.22. The molecule has 0 aliphatic rings. The van der Waals surface area contributed by atoms with Gasteiger partial charge in [-0.15, -0.1) is 11.3 Å². The summed E-state index contributed by atoms with van der Waals surface area (Å²) in [6.45, 7) is 0. The van der Waals surface area contributed by atoms with Crippen molar-refractivity contribution < 1.29 is 12.3 Å². The van der Waals surface area contributed by atoms with Crippen molar-refractivity contribution in [2.24, 2.45) is 0 Å². The molecule has 0 amide bonds. The Kier molecular flexibility index (Phi) is 3.44. The first-order valence-electron chi connectivity index (χ1n) is 17.1. The van der Waals surface area contributed by atoms with Crippen LogP contribution in [0.5, 0.6) is 0 Å². The highest BCUT2D eigenvalue weighted by Crippen LogP contribution is 2.45. The van der Waals surface area contributed by atoms with Crippen molar-refractivity contribution >= 4 is 53.7 Å². The molecule has 0 aliphatic carbocycles. The van der Waals surface area contributed by atoms with Gasteiger partial charge in [0, 0.05) is 9.58 Å². The summed E-state index contributed by atoms with van der Waals surface area (Å²) in [6.07, 6.45) is 0. The fourth-order valence-corrected chi connectivity index (χ4v) is 6.66. The van der Waals surface area contributed by atoms with Crippen molar-refractivity contribution in [1.29, 1.82) is 0 Å². The molecule has 0 nitrogen and oxygen atoms in total. The van der Waals surface area contributed by atoms with Gasteiger partial charge in [0.1, 0.15) is 0 Å². The number of hydrogen-bond acceptors (Lipinski definition) is 1. The van der Waals surface area contributed by atoms with Crippen LogP contribution in [0.1, 0.15) is 12.3 Å². The Morgan fingerprint density at radius 3 is 1.87 bits per heavy atom. The molecule has 0 saturated heterocycles. The lowest BCUT2D eigenvalue weighted by molar-refractivity contribution is 1.66. The molecule has 8 aromatic rings. The van der Waals surface area contributed by atoms with Gasteiger partial charge in [0.15, 0.2) is 0 Å². The Morgan fingerprint density at radius 2 is 1.10 bits per heavy atom. The predicted octanol–water partition coefficient (Wildman–Crippen LogP) is 11.4. The third-order valence-corrected chi connectivity index (χ3v) is 8.41. The summed E-state index contributed by atoms with van der Waals surface area (Å²) in [5, 5.41) is 4.78. The maximum atomic E-state index is 9.15. The molecule has 0 bridgehead atoms. The van der Waals surface area contributed by atoms with Crippen LogP contribution < -0.4 is 0 Å². The van der Waals surface area contributed by atoms with E-state index in [1.54, 1.807) is 23.5 Å². The Hall–Kier alpha value is -4.72. The van der Waals surface area contributed by atoms with Gasteiger partial charge in [-0.05, 0) is 83.7 Å². The van der Waals surface area contributed by atoms with E-state index in [-0.39, 0.29) is 34.0 Å². The lowest BCUT2D eigenvalue weighted by Gasteiger charge is -2.17. The summed E-state index contributed by atoms with van der Waals surface area (Å²) in [5.74, 6) is 0. The van der Waals surface area contributed by atoms with Gasteiger partial charge in [0.25, 0.3) is 0 Å². The molecule has 0 saturated carbocycles. The maximum Gasteiger partial charge on any atom is 0.0629 e. The van der Waals surface area contributed by atoms with Gasteiger partial charge < -0.3 is 0 Å². The van der Waals surface area contributed by atoms with E-state index >= 15 is 0 Å². The number of hydrogen-bond donors (Lipinski definition) is 0. The molecular formula is C38H24S. The lowest BCUT2D eigenvalue weighted by atomic mass is 9.86. The highest BCUT2D eigenvalue weighted by atomic mass is 32.1. The van der Waals surface area contributed by atoms with Crippen LogP contribution >= 0.6 is 11.3 Å². The quantitative estimate of drug-likeness (QED) is 0.203. The summed E-state index contributed by atoms with van der Waals surface area (Å²) in [4.78, 5) is 1.10. The summed E-state index contributed by atoms with van der Waals surface area (Å²) < 4.78 is 79.1. The second-order valence-electron chi connectivity index (χ2n) is 9.44. The highest BCUT2D eigenvalue weighted by Gasteiger charge is 2.17. The van der Waals surface area contributed by atoms with E-state index in [0.717, 1.165) is 36.9 Å². The molecule has 1 aromatic heterocycles. The smallest absolute Gasteiger partial charge is 0.0629 e. The molecule has 0 radical (unpaired) electrons. The van der Waals surface area contributed by atoms with Gasteiger partial charge >= 0.3 is 0 Å². The molecule has 0 atom stereocenters. The minimum absolute atomic E-state index is 0.105. The molecule has 7 aromatic carbocycles. The molecule has 0 unspecified atom stereocenters. The first kappa shape index (κ1) is 15.0. The fraction of sp³-hybridized carbons (Fsp3) is 0. The third-order valence-electron chi connectivity index (χ3n) is 7.26.